The van der Waals surface area contributed by atoms with E-state index >= 15 is 0 Å². The van der Waals surface area contributed by atoms with E-state index < -0.39 is 0 Å². The van der Waals surface area contributed by atoms with Crippen molar-refractivity contribution in [2.45, 2.75) is 25.7 Å². The van der Waals surface area contributed by atoms with E-state index in [-0.39, 0.29) is 18.4 Å². The molecule has 1 N–H and O–H groups in total. The highest BCUT2D eigenvalue weighted by atomic mass is 79.9. The van der Waals surface area contributed by atoms with Gasteiger partial charge in [0.15, 0.2) is 0 Å². The third kappa shape index (κ3) is 6.36. The first kappa shape index (κ1) is 17.4. The molecule has 122 valence electrons. The highest BCUT2D eigenvalue weighted by Crippen LogP contribution is 2.11. The van der Waals surface area contributed by atoms with Gasteiger partial charge >= 0.3 is 0 Å². The Morgan fingerprint density at radius 3 is 2.83 bits per heavy atom. The zero-order valence-corrected chi connectivity index (χ0v) is 14.5. The second-order valence-electron chi connectivity index (χ2n) is 5.36. The smallest absolute Gasteiger partial charge is 0.259 e. The maximum atomic E-state index is 11.9. The Hall–Kier alpha value is -1.95. The summed E-state index contributed by atoms with van der Waals surface area (Å²) >= 11 is 3.38. The van der Waals surface area contributed by atoms with Crippen molar-refractivity contribution in [3.05, 3.63) is 40.4 Å². The summed E-state index contributed by atoms with van der Waals surface area (Å²) in [6.45, 7) is 0.712. The number of hydrogen-bond donors (Lipinski definition) is 1. The fourth-order valence-corrected chi connectivity index (χ4v) is 2.69. The minimum absolute atomic E-state index is 0.0479. The van der Waals surface area contributed by atoms with Gasteiger partial charge in [-0.25, -0.2) is 5.43 Å². The lowest BCUT2D eigenvalue weighted by Crippen LogP contribution is -2.39. The monoisotopic (exact) mass is 377 g/mol. The Bertz CT molecular complexity index is 599. The van der Waals surface area contributed by atoms with Crippen LogP contribution >= 0.6 is 15.9 Å². The number of carbonyl (C=O) groups excluding carboxylic acids is 2. The van der Waals surface area contributed by atoms with Crippen LogP contribution in [0, 0.1) is 0 Å². The van der Waals surface area contributed by atoms with Crippen molar-refractivity contribution in [2.75, 3.05) is 13.1 Å². The number of nitrogens with one attached hydrogen (secondary N) is 1. The van der Waals surface area contributed by atoms with Gasteiger partial charge in [0.2, 0.25) is 5.91 Å². The van der Waals surface area contributed by atoms with Crippen LogP contribution < -0.4 is 5.43 Å². The summed E-state index contributed by atoms with van der Waals surface area (Å²) in [5.41, 5.74) is 3.49. The van der Waals surface area contributed by atoms with Crippen molar-refractivity contribution in [1.82, 2.24) is 10.3 Å². The summed E-state index contributed by atoms with van der Waals surface area (Å²) in [6, 6.07) is 9.79. The first-order valence-electron chi connectivity index (χ1n) is 7.67. The number of allylic oxidation sites excluding steroid dienone is 1. The highest BCUT2D eigenvalue weighted by molar-refractivity contribution is 9.12. The van der Waals surface area contributed by atoms with E-state index in [1.165, 1.54) is 6.21 Å². The molecule has 1 aromatic rings. The van der Waals surface area contributed by atoms with E-state index in [2.05, 4.69) is 26.5 Å². The van der Waals surface area contributed by atoms with Crippen LogP contribution in [0.5, 0.6) is 0 Å². The van der Waals surface area contributed by atoms with Gasteiger partial charge in [0, 0.05) is 17.4 Å². The molecule has 1 fully saturated rings. The summed E-state index contributed by atoms with van der Waals surface area (Å²) in [6.07, 6.45) is 6.85. The molecule has 0 spiro atoms. The predicted molar refractivity (Wildman–Crippen MR) is 95.0 cm³/mol. The molecule has 0 saturated carbocycles. The normalized spacial score (nSPS) is 16.5. The largest absolute Gasteiger partial charge is 0.333 e. The standard InChI is InChI=1S/C17H20BrN3O2/c18-15(11-14-7-3-1-4-8-14)12-19-20-16(22)13-21-10-6-2-5-9-17(21)23/h1,3-4,7-8,11-12H,2,5-6,9-10,13H2,(H,20,22)/b15-11-,19-12-. The molecule has 6 heteroatoms. The molecule has 0 aromatic heterocycles. The lowest BCUT2D eigenvalue weighted by molar-refractivity contribution is -0.135. The number of amides is 2. The van der Waals surface area contributed by atoms with Crippen LogP contribution in [0.1, 0.15) is 31.2 Å². The fourth-order valence-electron chi connectivity index (χ4n) is 2.33. The topological polar surface area (TPSA) is 61.8 Å². The van der Waals surface area contributed by atoms with E-state index in [0.717, 1.165) is 29.3 Å². The lowest BCUT2D eigenvalue weighted by Gasteiger charge is -2.18. The summed E-state index contributed by atoms with van der Waals surface area (Å²) in [5, 5.41) is 3.90. The van der Waals surface area contributed by atoms with Crippen LogP contribution in [0.15, 0.2) is 39.9 Å². The predicted octanol–water partition coefficient (Wildman–Crippen LogP) is 2.93. The molecular weight excluding hydrogens is 358 g/mol. The summed E-state index contributed by atoms with van der Waals surface area (Å²) in [7, 11) is 0. The number of hydrazone groups is 1. The van der Waals surface area contributed by atoms with Crippen molar-refractivity contribution in [3.63, 3.8) is 0 Å². The first-order chi connectivity index (χ1) is 11.1. The Kier molecular flexibility index (Phi) is 7.00. The van der Waals surface area contributed by atoms with Gasteiger partial charge in [0.05, 0.1) is 6.21 Å². The van der Waals surface area contributed by atoms with Crippen LogP contribution in [0.3, 0.4) is 0 Å². The van der Waals surface area contributed by atoms with Gasteiger partial charge in [0.1, 0.15) is 6.54 Å². The summed E-state index contributed by atoms with van der Waals surface area (Å²) in [5.74, 6) is -0.233. The van der Waals surface area contributed by atoms with Gasteiger partial charge in [0.25, 0.3) is 5.91 Å². The number of benzene rings is 1. The van der Waals surface area contributed by atoms with E-state index in [1.54, 1.807) is 4.90 Å². The highest BCUT2D eigenvalue weighted by Gasteiger charge is 2.18. The Morgan fingerprint density at radius 1 is 1.26 bits per heavy atom. The minimum atomic E-state index is -0.281. The van der Waals surface area contributed by atoms with Crippen LogP contribution in [0.2, 0.25) is 0 Å². The minimum Gasteiger partial charge on any atom is -0.333 e. The zero-order chi connectivity index (χ0) is 16.5. The Morgan fingerprint density at radius 2 is 2.04 bits per heavy atom. The van der Waals surface area contributed by atoms with E-state index in [4.69, 9.17) is 0 Å². The molecule has 5 nitrogen and oxygen atoms in total. The second-order valence-corrected chi connectivity index (χ2v) is 6.27. The van der Waals surface area contributed by atoms with Gasteiger partial charge in [-0.15, -0.1) is 0 Å². The summed E-state index contributed by atoms with van der Waals surface area (Å²) in [4.78, 5) is 25.3. The number of hydrogen-bond acceptors (Lipinski definition) is 3. The van der Waals surface area contributed by atoms with Gasteiger partial charge in [-0.05, 0) is 40.4 Å². The molecule has 23 heavy (non-hydrogen) atoms. The number of carbonyl (C=O) groups is 2. The lowest BCUT2D eigenvalue weighted by atomic mass is 10.2. The number of nitrogens with zero attached hydrogens (tertiary/aromatic N) is 2. The molecule has 0 atom stereocenters. The first-order valence-corrected chi connectivity index (χ1v) is 8.46. The maximum absolute atomic E-state index is 11.9. The number of halogens is 1. The average Bonchev–Trinajstić information content (AvgIpc) is 2.73. The molecule has 2 rings (SSSR count). The summed E-state index contributed by atoms with van der Waals surface area (Å²) < 4.78 is 0.745. The SMILES string of the molecule is O=C(CN1CCCCCC1=O)N/N=C\C(Br)=C\c1ccccc1. The van der Waals surface area contributed by atoms with Crippen LogP contribution in [0.4, 0.5) is 0 Å². The molecule has 0 radical (unpaired) electrons. The fraction of sp³-hybridized carbons (Fsp3) is 0.353. The van der Waals surface area contributed by atoms with Gasteiger partial charge in [-0.2, -0.15) is 5.10 Å². The quantitative estimate of drug-likeness (QED) is 0.633. The van der Waals surface area contributed by atoms with Crippen molar-refractivity contribution in [1.29, 1.82) is 0 Å². The van der Waals surface area contributed by atoms with E-state index in [0.29, 0.717) is 13.0 Å². The van der Waals surface area contributed by atoms with E-state index in [9.17, 15) is 9.59 Å². The molecule has 1 aliphatic heterocycles. The van der Waals surface area contributed by atoms with Crippen molar-refractivity contribution < 1.29 is 9.59 Å². The molecule has 1 saturated heterocycles. The van der Waals surface area contributed by atoms with Crippen LogP contribution in [-0.2, 0) is 9.59 Å². The van der Waals surface area contributed by atoms with E-state index in [1.807, 2.05) is 36.4 Å². The number of rotatable bonds is 5. The molecule has 0 unspecified atom stereocenters. The van der Waals surface area contributed by atoms with Gasteiger partial charge in [-0.1, -0.05) is 36.8 Å². The molecular formula is C17H20BrN3O2. The second kappa shape index (κ2) is 9.25. The molecule has 1 heterocycles. The molecule has 2 amide bonds. The van der Waals surface area contributed by atoms with Crippen molar-refractivity contribution in [3.8, 4) is 0 Å². The maximum Gasteiger partial charge on any atom is 0.259 e. The van der Waals surface area contributed by atoms with Crippen molar-refractivity contribution in [2.24, 2.45) is 5.10 Å². The van der Waals surface area contributed by atoms with Gasteiger partial charge in [-0.3, -0.25) is 9.59 Å². The van der Waals surface area contributed by atoms with Gasteiger partial charge < -0.3 is 4.90 Å². The molecule has 1 aromatic carbocycles. The number of likely N-dealkylation sites (tertiary alicyclic amines) is 1. The Labute approximate surface area is 144 Å². The average molecular weight is 378 g/mol. The van der Waals surface area contributed by atoms with Crippen LogP contribution in [-0.4, -0.2) is 36.0 Å². The molecule has 1 aliphatic rings. The van der Waals surface area contributed by atoms with Crippen LogP contribution in [0.25, 0.3) is 6.08 Å². The molecule has 0 aliphatic carbocycles. The van der Waals surface area contributed by atoms with Crippen molar-refractivity contribution >= 4 is 40.0 Å². The third-order valence-corrected chi connectivity index (χ3v) is 3.92. The Balaban J connectivity index is 1.81. The zero-order valence-electron chi connectivity index (χ0n) is 12.9. The molecule has 0 bridgehead atoms. The third-order valence-electron chi connectivity index (χ3n) is 3.49.